The molecule has 15 heavy (non-hydrogen) atoms. The molecule has 0 amide bonds. The fourth-order valence-corrected chi connectivity index (χ4v) is 2.28. The van der Waals surface area contributed by atoms with Crippen molar-refractivity contribution in [2.75, 3.05) is 6.54 Å². The van der Waals surface area contributed by atoms with Crippen LogP contribution in [0.2, 0.25) is 0 Å². The predicted molar refractivity (Wildman–Crippen MR) is 66.5 cm³/mol. The highest BCUT2D eigenvalue weighted by Crippen LogP contribution is 2.23. The lowest BCUT2D eigenvalue weighted by Crippen LogP contribution is -2.39. The molecular weight excluding hydrogens is 258 g/mol. The first kappa shape index (κ1) is 14.9. The first-order valence-corrected chi connectivity index (χ1v) is 5.53. The van der Waals surface area contributed by atoms with E-state index in [1.54, 1.807) is 0 Å². The SMILES string of the molecule is Br.CC(C)C[C@H]1C[C@H](CC(=O)O)CCN1. The van der Waals surface area contributed by atoms with E-state index in [0.717, 1.165) is 25.8 Å². The molecular formula is C11H22BrNO2. The van der Waals surface area contributed by atoms with Crippen LogP contribution in [-0.2, 0) is 4.79 Å². The van der Waals surface area contributed by atoms with Crippen molar-refractivity contribution in [2.24, 2.45) is 11.8 Å². The average Bonchev–Trinajstić information content (AvgIpc) is 2.01. The summed E-state index contributed by atoms with van der Waals surface area (Å²) in [7, 11) is 0. The quantitative estimate of drug-likeness (QED) is 0.831. The Morgan fingerprint density at radius 2 is 2.20 bits per heavy atom. The van der Waals surface area contributed by atoms with Crippen LogP contribution in [0.3, 0.4) is 0 Å². The lowest BCUT2D eigenvalue weighted by Gasteiger charge is -2.30. The molecule has 0 saturated carbocycles. The van der Waals surface area contributed by atoms with Crippen LogP contribution in [0, 0.1) is 11.8 Å². The number of aliphatic carboxylic acids is 1. The van der Waals surface area contributed by atoms with Crippen molar-refractivity contribution in [1.82, 2.24) is 5.32 Å². The Kier molecular flexibility index (Phi) is 7.18. The smallest absolute Gasteiger partial charge is 0.303 e. The molecule has 90 valence electrons. The molecule has 1 rings (SSSR count). The largest absolute Gasteiger partial charge is 0.481 e. The highest BCUT2D eigenvalue weighted by Gasteiger charge is 2.23. The maximum Gasteiger partial charge on any atom is 0.303 e. The zero-order valence-electron chi connectivity index (χ0n) is 9.53. The van der Waals surface area contributed by atoms with Crippen LogP contribution in [0.1, 0.15) is 39.5 Å². The number of hydrogen-bond acceptors (Lipinski definition) is 2. The van der Waals surface area contributed by atoms with Crippen molar-refractivity contribution >= 4 is 23.0 Å². The molecule has 0 unspecified atom stereocenters. The Morgan fingerprint density at radius 1 is 1.53 bits per heavy atom. The van der Waals surface area contributed by atoms with Crippen LogP contribution in [0.5, 0.6) is 0 Å². The summed E-state index contributed by atoms with van der Waals surface area (Å²) in [6, 6.07) is 0.535. The number of piperidine rings is 1. The minimum atomic E-state index is -0.653. The van der Waals surface area contributed by atoms with E-state index in [2.05, 4.69) is 19.2 Å². The number of carboxylic acids is 1. The maximum atomic E-state index is 10.6. The second-order valence-electron chi connectivity index (χ2n) is 4.77. The summed E-state index contributed by atoms with van der Waals surface area (Å²) in [6.07, 6.45) is 3.55. The lowest BCUT2D eigenvalue weighted by molar-refractivity contribution is -0.138. The highest BCUT2D eigenvalue weighted by atomic mass is 79.9. The summed E-state index contributed by atoms with van der Waals surface area (Å²) in [6.45, 7) is 5.40. The van der Waals surface area contributed by atoms with Crippen LogP contribution in [0.15, 0.2) is 0 Å². The monoisotopic (exact) mass is 279 g/mol. The third-order valence-electron chi connectivity index (χ3n) is 2.82. The van der Waals surface area contributed by atoms with Gasteiger partial charge in [-0.2, -0.15) is 0 Å². The molecule has 1 heterocycles. The van der Waals surface area contributed by atoms with Gasteiger partial charge in [-0.05, 0) is 37.6 Å². The first-order valence-electron chi connectivity index (χ1n) is 5.53. The minimum Gasteiger partial charge on any atom is -0.481 e. The lowest BCUT2D eigenvalue weighted by atomic mass is 9.86. The molecule has 0 aromatic carbocycles. The molecule has 1 aliphatic rings. The van der Waals surface area contributed by atoms with Gasteiger partial charge in [0, 0.05) is 12.5 Å². The van der Waals surface area contributed by atoms with Gasteiger partial charge < -0.3 is 10.4 Å². The van der Waals surface area contributed by atoms with Crippen LogP contribution in [-0.4, -0.2) is 23.7 Å². The number of carbonyl (C=O) groups is 1. The van der Waals surface area contributed by atoms with Gasteiger partial charge in [0.05, 0.1) is 0 Å². The van der Waals surface area contributed by atoms with Crippen LogP contribution >= 0.6 is 17.0 Å². The molecule has 0 aromatic heterocycles. The van der Waals surface area contributed by atoms with Gasteiger partial charge in [-0.3, -0.25) is 4.79 Å². The van der Waals surface area contributed by atoms with E-state index < -0.39 is 5.97 Å². The summed E-state index contributed by atoms with van der Waals surface area (Å²) in [5.74, 6) is 0.425. The number of nitrogens with one attached hydrogen (secondary N) is 1. The fourth-order valence-electron chi connectivity index (χ4n) is 2.28. The van der Waals surface area contributed by atoms with E-state index in [9.17, 15) is 4.79 Å². The van der Waals surface area contributed by atoms with Crippen molar-refractivity contribution in [3.05, 3.63) is 0 Å². The molecule has 4 heteroatoms. The third-order valence-corrected chi connectivity index (χ3v) is 2.82. The zero-order chi connectivity index (χ0) is 10.6. The van der Waals surface area contributed by atoms with Gasteiger partial charge in [-0.25, -0.2) is 0 Å². The molecule has 1 saturated heterocycles. The summed E-state index contributed by atoms with van der Waals surface area (Å²) in [5, 5.41) is 12.2. The second kappa shape index (κ2) is 7.23. The van der Waals surface area contributed by atoms with Crippen LogP contribution < -0.4 is 5.32 Å². The average molecular weight is 280 g/mol. The fraction of sp³-hybridized carbons (Fsp3) is 0.909. The molecule has 0 aliphatic carbocycles. The topological polar surface area (TPSA) is 49.3 Å². The maximum absolute atomic E-state index is 10.6. The summed E-state index contributed by atoms with van der Waals surface area (Å²) in [5.41, 5.74) is 0. The van der Waals surface area contributed by atoms with Gasteiger partial charge in [0.15, 0.2) is 0 Å². The first-order chi connectivity index (χ1) is 6.58. The van der Waals surface area contributed by atoms with E-state index in [-0.39, 0.29) is 17.0 Å². The van der Waals surface area contributed by atoms with Crippen molar-refractivity contribution in [3.8, 4) is 0 Å². The molecule has 0 bridgehead atoms. The molecule has 1 fully saturated rings. The molecule has 1 aliphatic heterocycles. The summed E-state index contributed by atoms with van der Waals surface area (Å²) >= 11 is 0. The Balaban J connectivity index is 0.00000196. The number of halogens is 1. The van der Waals surface area contributed by atoms with Gasteiger partial charge in [0.1, 0.15) is 0 Å². The molecule has 3 nitrogen and oxygen atoms in total. The van der Waals surface area contributed by atoms with Gasteiger partial charge in [-0.1, -0.05) is 13.8 Å². The third kappa shape index (κ3) is 6.15. The van der Waals surface area contributed by atoms with Gasteiger partial charge >= 0.3 is 5.97 Å². The van der Waals surface area contributed by atoms with E-state index in [1.807, 2.05) is 0 Å². The van der Waals surface area contributed by atoms with Crippen molar-refractivity contribution < 1.29 is 9.90 Å². The van der Waals surface area contributed by atoms with E-state index in [0.29, 0.717) is 24.3 Å². The Bertz CT molecular complexity index is 197. The number of carboxylic acid groups (broad SMARTS) is 1. The van der Waals surface area contributed by atoms with Gasteiger partial charge in [-0.15, -0.1) is 17.0 Å². The standard InChI is InChI=1S/C11H21NO2.BrH/c1-8(2)5-10-6-9(3-4-12-10)7-11(13)14;/h8-10,12H,3-7H2,1-2H3,(H,13,14);1H/t9-,10+;/m1./s1. The van der Waals surface area contributed by atoms with E-state index >= 15 is 0 Å². The van der Waals surface area contributed by atoms with Crippen molar-refractivity contribution in [2.45, 2.75) is 45.6 Å². The minimum absolute atomic E-state index is 0. The van der Waals surface area contributed by atoms with Gasteiger partial charge in [0.25, 0.3) is 0 Å². The number of hydrogen-bond donors (Lipinski definition) is 2. The van der Waals surface area contributed by atoms with Crippen LogP contribution in [0.25, 0.3) is 0 Å². The number of rotatable bonds is 4. The van der Waals surface area contributed by atoms with Crippen molar-refractivity contribution in [3.63, 3.8) is 0 Å². The van der Waals surface area contributed by atoms with Gasteiger partial charge in [0.2, 0.25) is 0 Å². The summed E-state index contributed by atoms with van der Waals surface area (Å²) < 4.78 is 0. The highest BCUT2D eigenvalue weighted by molar-refractivity contribution is 8.93. The normalized spacial score (nSPS) is 26.1. The predicted octanol–water partition coefficient (Wildman–Crippen LogP) is 2.45. The molecule has 0 spiro atoms. The Labute approximate surface area is 102 Å². The molecule has 2 N–H and O–H groups in total. The van der Waals surface area contributed by atoms with Crippen molar-refractivity contribution in [1.29, 1.82) is 0 Å². The molecule has 2 atom stereocenters. The van der Waals surface area contributed by atoms with E-state index in [1.165, 1.54) is 0 Å². The molecule has 0 aromatic rings. The Morgan fingerprint density at radius 3 is 2.73 bits per heavy atom. The van der Waals surface area contributed by atoms with E-state index in [4.69, 9.17) is 5.11 Å². The van der Waals surface area contributed by atoms with Crippen LogP contribution in [0.4, 0.5) is 0 Å². The second-order valence-corrected chi connectivity index (χ2v) is 4.77. The zero-order valence-corrected chi connectivity index (χ0v) is 11.2. The Hall–Kier alpha value is -0.0900. The molecule has 0 radical (unpaired) electrons. The summed E-state index contributed by atoms with van der Waals surface area (Å²) in [4.78, 5) is 10.6.